The van der Waals surface area contributed by atoms with Gasteiger partial charge in [-0.1, -0.05) is 79.4 Å². The van der Waals surface area contributed by atoms with Gasteiger partial charge in [0.05, 0.1) is 22.8 Å². The Kier molecular flexibility index (Phi) is 9.95. The van der Waals surface area contributed by atoms with E-state index < -0.39 is 22.0 Å². The van der Waals surface area contributed by atoms with E-state index in [1.807, 2.05) is 37.3 Å². The topological polar surface area (TPSA) is 116 Å². The minimum Gasteiger partial charge on any atom is -0.395 e. The van der Waals surface area contributed by atoms with Gasteiger partial charge in [0.25, 0.3) is 15.9 Å². The van der Waals surface area contributed by atoms with E-state index in [9.17, 15) is 23.1 Å². The highest BCUT2D eigenvalue weighted by molar-refractivity contribution is 7.92. The zero-order valence-electron chi connectivity index (χ0n) is 22.8. The number of hydrogen-bond donors (Lipinski definition) is 3. The predicted molar refractivity (Wildman–Crippen MR) is 155 cm³/mol. The number of nitrogens with zero attached hydrogens (tertiary/aromatic N) is 1. The van der Waals surface area contributed by atoms with Crippen molar-refractivity contribution in [3.05, 3.63) is 95.6 Å². The summed E-state index contributed by atoms with van der Waals surface area (Å²) >= 11 is 0. The first-order valence-electron chi connectivity index (χ1n) is 13.7. The number of benzene rings is 3. The Morgan fingerprint density at radius 2 is 1.57 bits per heavy atom. The molecule has 2 amide bonds. The van der Waals surface area contributed by atoms with E-state index in [1.54, 1.807) is 30.3 Å². The summed E-state index contributed by atoms with van der Waals surface area (Å²) in [5, 5.41) is 13.0. The average Bonchev–Trinajstić information content (AvgIpc) is 2.97. The van der Waals surface area contributed by atoms with Crippen molar-refractivity contribution >= 4 is 27.5 Å². The molecule has 1 atom stereocenters. The zero-order chi connectivity index (χ0) is 28.5. The fraction of sp³-hybridized carbons (Fsp3) is 0.355. The number of aliphatic hydroxyl groups is 1. The average molecular weight is 564 g/mol. The Morgan fingerprint density at radius 1 is 0.925 bits per heavy atom. The molecule has 1 unspecified atom stereocenters. The molecule has 3 aromatic carbocycles. The molecule has 1 aliphatic rings. The summed E-state index contributed by atoms with van der Waals surface area (Å²) < 4.78 is 28.9. The molecule has 1 aliphatic carbocycles. The Hall–Kier alpha value is -3.69. The zero-order valence-corrected chi connectivity index (χ0v) is 23.6. The molecule has 9 heteroatoms. The van der Waals surface area contributed by atoms with E-state index in [0.29, 0.717) is 6.54 Å². The lowest BCUT2D eigenvalue weighted by Crippen LogP contribution is -2.54. The van der Waals surface area contributed by atoms with Crippen LogP contribution in [0.25, 0.3) is 0 Å². The number of carbonyl (C=O) groups is 2. The molecule has 0 saturated heterocycles. The fourth-order valence-corrected chi connectivity index (χ4v) is 6.34. The second-order valence-corrected chi connectivity index (χ2v) is 11.9. The Balaban J connectivity index is 1.64. The van der Waals surface area contributed by atoms with Gasteiger partial charge in [0.1, 0.15) is 6.04 Å². The van der Waals surface area contributed by atoms with Crippen LogP contribution in [0.15, 0.2) is 83.8 Å². The molecule has 0 heterocycles. The van der Waals surface area contributed by atoms with Crippen LogP contribution in [0.5, 0.6) is 0 Å². The molecule has 40 heavy (non-hydrogen) atoms. The standard InChI is InChI=1S/C31H37N3O5S/c1-23-16-18-26(19-17-23)40(38,39)33-28-15-9-8-14-27(28)31(37)34(20-21-35)29(25-12-6-3-7-13-25)30(36)32-22-24-10-4-2-5-11-24/h2,4-5,8-11,14-19,25,29,33,35H,3,6-7,12-13,20-22H2,1H3,(H,32,36). The number of hydrogen-bond acceptors (Lipinski definition) is 5. The predicted octanol–water partition coefficient (Wildman–Crippen LogP) is 4.50. The van der Waals surface area contributed by atoms with Crippen molar-refractivity contribution in [2.45, 2.75) is 56.5 Å². The first-order chi connectivity index (χ1) is 19.3. The van der Waals surface area contributed by atoms with E-state index in [0.717, 1.165) is 43.2 Å². The lowest BCUT2D eigenvalue weighted by atomic mass is 9.82. The maximum absolute atomic E-state index is 14.1. The quantitative estimate of drug-likeness (QED) is 0.318. The maximum Gasteiger partial charge on any atom is 0.261 e. The highest BCUT2D eigenvalue weighted by Gasteiger charge is 2.38. The molecule has 0 aliphatic heterocycles. The van der Waals surface area contributed by atoms with Gasteiger partial charge in [-0.3, -0.25) is 14.3 Å². The monoisotopic (exact) mass is 563 g/mol. The van der Waals surface area contributed by atoms with E-state index in [1.165, 1.54) is 23.1 Å². The third kappa shape index (κ3) is 7.28. The number of nitrogens with one attached hydrogen (secondary N) is 2. The van der Waals surface area contributed by atoms with E-state index >= 15 is 0 Å². The van der Waals surface area contributed by atoms with Crippen LogP contribution >= 0.6 is 0 Å². The van der Waals surface area contributed by atoms with Crippen LogP contribution in [0.2, 0.25) is 0 Å². The third-order valence-electron chi connectivity index (χ3n) is 7.35. The molecule has 1 fully saturated rings. The molecule has 0 bridgehead atoms. The molecular weight excluding hydrogens is 526 g/mol. The van der Waals surface area contributed by atoms with Crippen LogP contribution in [-0.2, 0) is 21.4 Å². The Labute approximate surface area is 236 Å². The number of aliphatic hydroxyl groups excluding tert-OH is 1. The molecule has 0 radical (unpaired) electrons. The second kappa shape index (κ2) is 13.6. The van der Waals surface area contributed by atoms with Gasteiger partial charge >= 0.3 is 0 Å². The second-order valence-electron chi connectivity index (χ2n) is 10.2. The number of amides is 2. The van der Waals surface area contributed by atoms with E-state index in [2.05, 4.69) is 10.0 Å². The van der Waals surface area contributed by atoms with Gasteiger partial charge < -0.3 is 15.3 Å². The molecule has 212 valence electrons. The van der Waals surface area contributed by atoms with Crippen molar-refractivity contribution in [1.82, 2.24) is 10.2 Å². The van der Waals surface area contributed by atoms with Crippen LogP contribution < -0.4 is 10.0 Å². The number of rotatable bonds is 11. The number of carbonyl (C=O) groups excluding carboxylic acids is 2. The van der Waals surface area contributed by atoms with Crippen LogP contribution in [0.3, 0.4) is 0 Å². The minimum absolute atomic E-state index is 0.0577. The minimum atomic E-state index is -3.97. The van der Waals surface area contributed by atoms with Crippen molar-refractivity contribution in [3.8, 4) is 0 Å². The van der Waals surface area contributed by atoms with Crippen LogP contribution in [0.4, 0.5) is 5.69 Å². The number of anilines is 1. The van der Waals surface area contributed by atoms with E-state index in [4.69, 9.17) is 0 Å². The summed E-state index contributed by atoms with van der Waals surface area (Å²) in [6.07, 6.45) is 4.58. The fourth-order valence-electron chi connectivity index (χ4n) is 5.26. The third-order valence-corrected chi connectivity index (χ3v) is 8.73. The smallest absolute Gasteiger partial charge is 0.261 e. The van der Waals surface area contributed by atoms with Gasteiger partial charge in [0.15, 0.2) is 0 Å². The van der Waals surface area contributed by atoms with Gasteiger partial charge in [-0.25, -0.2) is 8.42 Å². The summed E-state index contributed by atoms with van der Waals surface area (Å²) in [6.45, 7) is 1.79. The normalized spacial score (nSPS) is 14.8. The maximum atomic E-state index is 14.1. The van der Waals surface area contributed by atoms with Gasteiger partial charge in [0, 0.05) is 13.1 Å². The van der Waals surface area contributed by atoms with Gasteiger partial charge in [-0.2, -0.15) is 0 Å². The van der Waals surface area contributed by atoms with Crippen molar-refractivity contribution in [2.75, 3.05) is 17.9 Å². The van der Waals surface area contributed by atoms with Crippen LogP contribution in [-0.4, -0.2) is 49.4 Å². The summed E-state index contributed by atoms with van der Waals surface area (Å²) in [7, 11) is -3.97. The highest BCUT2D eigenvalue weighted by atomic mass is 32.2. The SMILES string of the molecule is Cc1ccc(S(=O)(=O)Nc2ccccc2C(=O)N(CCO)C(C(=O)NCc2ccccc2)C2CCCCC2)cc1. The van der Waals surface area contributed by atoms with Crippen molar-refractivity contribution in [2.24, 2.45) is 5.92 Å². The molecule has 8 nitrogen and oxygen atoms in total. The number of sulfonamides is 1. The summed E-state index contributed by atoms with van der Waals surface area (Å²) in [6, 6.07) is 21.5. The molecule has 3 aromatic rings. The lowest BCUT2D eigenvalue weighted by molar-refractivity contribution is -0.128. The largest absolute Gasteiger partial charge is 0.395 e. The van der Waals surface area contributed by atoms with Crippen molar-refractivity contribution in [3.63, 3.8) is 0 Å². The summed E-state index contributed by atoms with van der Waals surface area (Å²) in [4.78, 5) is 29.3. The lowest BCUT2D eigenvalue weighted by Gasteiger charge is -2.38. The number of para-hydroxylation sites is 1. The molecular formula is C31H37N3O5S. The Morgan fingerprint density at radius 3 is 2.25 bits per heavy atom. The molecule has 1 saturated carbocycles. The highest BCUT2D eigenvalue weighted by Crippen LogP contribution is 2.31. The molecule has 0 spiro atoms. The Bertz CT molecular complexity index is 1390. The first-order valence-corrected chi connectivity index (χ1v) is 15.2. The van der Waals surface area contributed by atoms with E-state index in [-0.39, 0.29) is 41.1 Å². The molecule has 4 rings (SSSR count). The molecule has 3 N–H and O–H groups in total. The van der Waals surface area contributed by atoms with Crippen molar-refractivity contribution in [1.29, 1.82) is 0 Å². The van der Waals surface area contributed by atoms with Crippen LogP contribution in [0.1, 0.15) is 53.6 Å². The van der Waals surface area contributed by atoms with Gasteiger partial charge in [-0.05, 0) is 55.5 Å². The summed E-state index contributed by atoms with van der Waals surface area (Å²) in [5.74, 6) is -0.867. The van der Waals surface area contributed by atoms with Crippen molar-refractivity contribution < 1.29 is 23.1 Å². The van der Waals surface area contributed by atoms with Gasteiger partial charge in [0.2, 0.25) is 5.91 Å². The first kappa shape index (κ1) is 29.3. The van der Waals surface area contributed by atoms with Crippen LogP contribution in [0, 0.1) is 12.8 Å². The summed E-state index contributed by atoms with van der Waals surface area (Å²) in [5.41, 5.74) is 2.09. The number of aryl methyl sites for hydroxylation is 1. The molecule has 0 aromatic heterocycles. The van der Waals surface area contributed by atoms with Gasteiger partial charge in [-0.15, -0.1) is 0 Å².